The van der Waals surface area contributed by atoms with Gasteiger partial charge in [0.2, 0.25) is 5.69 Å². The van der Waals surface area contributed by atoms with Gasteiger partial charge >= 0.3 is 0 Å². The number of allylic oxidation sites excluding steroid dienone is 4. The molecule has 242 valence electrons. The van der Waals surface area contributed by atoms with E-state index in [-0.39, 0.29) is 27.8 Å². The quantitative estimate of drug-likeness (QED) is 0.0789. The minimum atomic E-state index is -0.0969. The van der Waals surface area contributed by atoms with E-state index in [0.29, 0.717) is 0 Å². The highest BCUT2D eigenvalue weighted by atomic mass is 79.9. The van der Waals surface area contributed by atoms with Crippen LogP contribution in [0.4, 0.5) is 11.4 Å². The fraction of sp³-hybridized carbons (Fsp3) is 0.390. The lowest BCUT2D eigenvalue weighted by Gasteiger charge is -2.27. The lowest BCUT2D eigenvalue weighted by molar-refractivity contribution is -0.438. The maximum absolute atomic E-state index is 3.63. The van der Waals surface area contributed by atoms with Crippen LogP contribution in [0.5, 0.6) is 0 Å². The standard InChI is InChI=1S/C41H47Br2N2.BrH/c1-40(2)36(44(28-13-5-11-26-42)34-24-22-30-16-7-9-18-32(30)38(34)40)20-15-21-37-41(3,4)39-33-19-10-8-17-31(33)23-25-35(39)45(37)29-14-6-12-27-43;/h7-10,15-25H,5-6,11-14,26-29H2,1-4H3;1H/q+1;/p-1. The van der Waals surface area contributed by atoms with E-state index in [2.05, 4.69) is 160 Å². The Morgan fingerprint density at radius 3 is 1.96 bits per heavy atom. The number of hydrogen-bond acceptors (Lipinski definition) is 1. The van der Waals surface area contributed by atoms with Crippen LogP contribution in [0.15, 0.2) is 96.7 Å². The molecule has 0 N–H and O–H groups in total. The number of rotatable bonds is 12. The minimum absolute atomic E-state index is 0. The van der Waals surface area contributed by atoms with Crippen molar-refractivity contribution >= 4 is 70.5 Å². The first-order chi connectivity index (χ1) is 21.8. The summed E-state index contributed by atoms with van der Waals surface area (Å²) in [6.45, 7) is 11.8. The van der Waals surface area contributed by atoms with Gasteiger partial charge in [0, 0.05) is 58.1 Å². The molecule has 0 aliphatic carbocycles. The number of alkyl halides is 2. The number of nitrogens with zero attached hydrogens (tertiary/aromatic N) is 2. The second kappa shape index (κ2) is 14.9. The van der Waals surface area contributed by atoms with Crippen LogP contribution in [0.1, 0.15) is 77.3 Å². The smallest absolute Gasteiger partial charge is 0.210 e. The molecule has 0 atom stereocenters. The van der Waals surface area contributed by atoms with Crippen LogP contribution in [0, 0.1) is 0 Å². The van der Waals surface area contributed by atoms with E-state index in [1.807, 2.05) is 0 Å². The summed E-state index contributed by atoms with van der Waals surface area (Å²) in [5.74, 6) is 0. The first-order valence-corrected chi connectivity index (χ1v) is 19.0. The largest absolute Gasteiger partial charge is 1.00 e. The molecule has 0 spiro atoms. The Balaban J connectivity index is 0.00000417. The lowest BCUT2D eigenvalue weighted by Crippen LogP contribution is -3.00. The summed E-state index contributed by atoms with van der Waals surface area (Å²) in [6.07, 6.45) is 14.5. The number of hydrogen-bond donors (Lipinski definition) is 0. The summed E-state index contributed by atoms with van der Waals surface area (Å²) in [7, 11) is 0. The van der Waals surface area contributed by atoms with E-state index in [9.17, 15) is 0 Å². The third-order valence-electron chi connectivity index (χ3n) is 10.0. The average molecular weight is 808 g/mol. The molecule has 2 aliphatic heterocycles. The Hall–Kier alpha value is -2.21. The van der Waals surface area contributed by atoms with Crippen molar-refractivity contribution in [1.82, 2.24) is 0 Å². The number of unbranched alkanes of at least 4 members (excludes halogenated alkanes) is 4. The highest BCUT2D eigenvalue weighted by Gasteiger charge is 2.45. The maximum atomic E-state index is 3.63. The topological polar surface area (TPSA) is 6.25 Å². The fourth-order valence-electron chi connectivity index (χ4n) is 7.87. The second-order valence-corrected chi connectivity index (χ2v) is 15.3. The third kappa shape index (κ3) is 6.45. The van der Waals surface area contributed by atoms with Gasteiger partial charge in [-0.1, -0.05) is 113 Å². The van der Waals surface area contributed by atoms with Crippen LogP contribution >= 0.6 is 31.9 Å². The average Bonchev–Trinajstić information content (AvgIpc) is 3.40. The van der Waals surface area contributed by atoms with Crippen molar-refractivity contribution in [1.29, 1.82) is 0 Å². The van der Waals surface area contributed by atoms with Crippen molar-refractivity contribution in [2.75, 3.05) is 28.6 Å². The predicted molar refractivity (Wildman–Crippen MR) is 204 cm³/mol. The minimum Gasteiger partial charge on any atom is -1.00 e. The molecule has 0 radical (unpaired) electrons. The van der Waals surface area contributed by atoms with Gasteiger partial charge in [-0.2, -0.15) is 4.58 Å². The van der Waals surface area contributed by atoms with Crippen molar-refractivity contribution in [2.45, 2.75) is 77.0 Å². The predicted octanol–water partition coefficient (Wildman–Crippen LogP) is 8.74. The molecule has 0 aromatic heterocycles. The number of benzene rings is 4. The normalized spacial score (nSPS) is 17.3. The van der Waals surface area contributed by atoms with E-state index in [1.54, 1.807) is 0 Å². The summed E-state index contributed by atoms with van der Waals surface area (Å²) in [4.78, 5) is 2.62. The Morgan fingerprint density at radius 1 is 0.674 bits per heavy atom. The third-order valence-corrected chi connectivity index (χ3v) is 11.2. The summed E-state index contributed by atoms with van der Waals surface area (Å²) in [5, 5.41) is 7.55. The van der Waals surface area contributed by atoms with E-state index < -0.39 is 0 Å². The zero-order chi connectivity index (χ0) is 31.6. The molecule has 0 saturated carbocycles. The summed E-state index contributed by atoms with van der Waals surface area (Å²) in [5.41, 5.74) is 8.26. The summed E-state index contributed by atoms with van der Waals surface area (Å²) >= 11 is 7.26. The van der Waals surface area contributed by atoms with Gasteiger partial charge in [-0.15, -0.1) is 0 Å². The SMILES string of the molecule is CC1(C)C(/C=C/C=C2\N(CCCCCBr)c3ccc4ccccc4c3C2(C)C)=[N+](CCCCCBr)c2ccc3ccccc3c21.[Br-]. The van der Waals surface area contributed by atoms with Crippen molar-refractivity contribution in [3.63, 3.8) is 0 Å². The van der Waals surface area contributed by atoms with E-state index >= 15 is 0 Å². The maximum Gasteiger partial charge on any atom is 0.210 e. The summed E-state index contributed by atoms with van der Waals surface area (Å²) in [6, 6.07) is 27.1. The fourth-order valence-corrected chi connectivity index (χ4v) is 8.66. The number of fused-ring (bicyclic) bond motifs is 6. The molecule has 0 unspecified atom stereocenters. The van der Waals surface area contributed by atoms with Crippen molar-refractivity contribution in [3.8, 4) is 0 Å². The molecule has 0 bridgehead atoms. The van der Waals surface area contributed by atoms with Crippen molar-refractivity contribution < 1.29 is 21.6 Å². The van der Waals surface area contributed by atoms with Gasteiger partial charge < -0.3 is 21.9 Å². The Bertz CT molecular complexity index is 1800. The van der Waals surface area contributed by atoms with Crippen LogP contribution < -0.4 is 21.9 Å². The molecule has 2 nitrogen and oxygen atoms in total. The molecule has 5 heteroatoms. The van der Waals surface area contributed by atoms with Gasteiger partial charge in [0.1, 0.15) is 6.54 Å². The number of anilines is 1. The molecule has 4 aromatic rings. The van der Waals surface area contributed by atoms with Crippen molar-refractivity contribution in [3.05, 3.63) is 108 Å². The van der Waals surface area contributed by atoms with Gasteiger partial charge in [0.25, 0.3) is 0 Å². The van der Waals surface area contributed by atoms with Gasteiger partial charge in [-0.25, -0.2) is 0 Å². The van der Waals surface area contributed by atoms with Gasteiger partial charge in [-0.05, 0) is 84.8 Å². The second-order valence-electron chi connectivity index (χ2n) is 13.7. The van der Waals surface area contributed by atoms with E-state index in [1.165, 1.54) is 94.0 Å². The van der Waals surface area contributed by atoms with Crippen LogP contribution in [0.25, 0.3) is 21.5 Å². The zero-order valence-electron chi connectivity index (χ0n) is 27.8. The molecule has 6 rings (SSSR count). The van der Waals surface area contributed by atoms with Crippen LogP contribution in [-0.4, -0.2) is 34.0 Å². The first-order valence-electron chi connectivity index (χ1n) is 16.8. The molecular weight excluding hydrogens is 760 g/mol. The molecular formula is C41H47Br3N2. The Kier molecular flexibility index (Phi) is 11.4. The van der Waals surface area contributed by atoms with E-state index in [0.717, 1.165) is 23.7 Å². The molecule has 0 fully saturated rings. The lowest BCUT2D eigenvalue weighted by atomic mass is 9.79. The van der Waals surface area contributed by atoms with Gasteiger partial charge in [0.15, 0.2) is 5.71 Å². The Labute approximate surface area is 303 Å². The van der Waals surface area contributed by atoms with Gasteiger partial charge in [-0.3, -0.25) is 0 Å². The molecule has 0 amide bonds. The molecule has 46 heavy (non-hydrogen) atoms. The van der Waals surface area contributed by atoms with Crippen LogP contribution in [0.3, 0.4) is 0 Å². The molecule has 0 saturated heterocycles. The van der Waals surface area contributed by atoms with Crippen LogP contribution in [0.2, 0.25) is 0 Å². The Morgan fingerprint density at radius 2 is 1.28 bits per heavy atom. The molecule has 2 aliphatic rings. The van der Waals surface area contributed by atoms with Gasteiger partial charge in [0.05, 0.1) is 5.41 Å². The number of halogens is 3. The highest BCUT2D eigenvalue weighted by Crippen LogP contribution is 2.51. The summed E-state index contributed by atoms with van der Waals surface area (Å²) < 4.78 is 2.62. The monoisotopic (exact) mass is 804 g/mol. The molecule has 4 aromatic carbocycles. The molecule has 2 heterocycles. The first kappa shape index (κ1) is 35.1. The zero-order valence-corrected chi connectivity index (χ0v) is 32.5. The van der Waals surface area contributed by atoms with Crippen LogP contribution in [-0.2, 0) is 10.8 Å². The van der Waals surface area contributed by atoms with Crippen molar-refractivity contribution in [2.24, 2.45) is 0 Å². The van der Waals surface area contributed by atoms with E-state index in [4.69, 9.17) is 0 Å². The highest BCUT2D eigenvalue weighted by molar-refractivity contribution is 9.09.